The molecule has 0 rings (SSSR count). The Labute approximate surface area is 812 Å². The predicted octanol–water partition coefficient (Wildman–Crippen LogP) is -12.2. The number of rotatable bonds is 103. The van der Waals surface area contributed by atoms with Crippen LogP contribution in [0, 0.1) is 17.8 Å². The predicted molar refractivity (Wildman–Crippen MR) is 476 cm³/mol. The second-order valence-corrected chi connectivity index (χ2v) is 32.4. The summed E-state index contributed by atoms with van der Waals surface area (Å²) in [6.45, 7) is -2.44. The number of hydrogen-bond acceptors (Lipinski definition) is 53. The van der Waals surface area contributed by atoms with E-state index in [2.05, 4.69) is 0 Å². The minimum atomic E-state index is -2.44. The van der Waals surface area contributed by atoms with Crippen molar-refractivity contribution in [3.05, 3.63) is 0 Å². The molecular weight excluding hydrogens is 1880 g/mol. The Bertz CT molecular complexity index is 2650. The van der Waals surface area contributed by atoms with Crippen LogP contribution in [0.1, 0.15) is 66.7 Å². The van der Waals surface area contributed by atoms with Gasteiger partial charge in [-0.3, -0.25) is 0 Å². The van der Waals surface area contributed by atoms with Gasteiger partial charge in [0.2, 0.25) is 0 Å². The molecule has 0 saturated carbocycles. The second kappa shape index (κ2) is 87.7. The fourth-order valence-corrected chi connectivity index (χ4v) is 13.4. The van der Waals surface area contributed by atoms with Crippen LogP contribution in [0.5, 0.6) is 0 Å². The lowest BCUT2D eigenvalue weighted by atomic mass is 9.96. The molecule has 0 fully saturated rings. The Kier molecular flexibility index (Phi) is 86.4. The van der Waals surface area contributed by atoms with E-state index in [-0.39, 0.29) is 224 Å². The maximum Gasteiger partial charge on any atom is 0.184 e. The molecule has 836 valence electrons. The first-order chi connectivity index (χ1) is 66.6. The van der Waals surface area contributed by atoms with Crippen molar-refractivity contribution in [2.75, 3.05) is 286 Å². The molecule has 0 aliphatic carbocycles. The van der Waals surface area contributed by atoms with Gasteiger partial charge in [-0.25, -0.2) is 0 Å². The van der Waals surface area contributed by atoms with E-state index in [9.17, 15) is 138 Å². The van der Waals surface area contributed by atoms with Gasteiger partial charge in [-0.2, -0.15) is 0 Å². The van der Waals surface area contributed by atoms with Crippen LogP contribution in [0.2, 0.25) is 0 Å². The summed E-state index contributed by atoms with van der Waals surface area (Å²) in [5.41, 5.74) is 0. The first kappa shape index (κ1) is 137. The van der Waals surface area contributed by atoms with E-state index in [0.717, 1.165) is 0 Å². The third kappa shape index (κ3) is 62.2. The van der Waals surface area contributed by atoms with Gasteiger partial charge in [-0.15, -0.1) is 0 Å². The SMILES string of the molecule is CCC(O)COCCOC(C(O)O)C(O)[C@@H](CCOCCO)OC(O)[C@@H](OCCOCC(O)COCCOCC(C)C(OC)[C@H](O)[C@H](OCCO)C(O)O[C@H](CCOCCOCC(COCCOC(C(O)O)C(O)[C@@H](CCOCCO)OC(O)[C@@H](OCCOCC(O)CC)[C@@H](O)C(OC)C(C)COCCO)OCC(O)CO)C(O)C(OCCOCC(O)CO)C(O)O)[C@@H](O)C(OC)C(C)COCCO. The van der Waals surface area contributed by atoms with Gasteiger partial charge in [0.1, 0.15) is 97.7 Å². The monoisotopic (exact) mass is 2060 g/mol. The van der Waals surface area contributed by atoms with E-state index in [4.69, 9.17) is 123 Å². The van der Waals surface area contributed by atoms with Crippen LogP contribution >= 0.6 is 0 Å². The van der Waals surface area contributed by atoms with Crippen LogP contribution in [0.25, 0.3) is 0 Å². The number of aliphatic hydroxyl groups is 27. The molecule has 0 saturated heterocycles. The van der Waals surface area contributed by atoms with E-state index in [1.54, 1.807) is 34.6 Å². The maximum absolute atomic E-state index is 11.9. The van der Waals surface area contributed by atoms with Crippen molar-refractivity contribution in [3.63, 3.8) is 0 Å². The molecule has 53 heteroatoms. The summed E-state index contributed by atoms with van der Waals surface area (Å²) in [6.07, 6.45) is -50.3. The Hall–Kier alpha value is -2.12. The van der Waals surface area contributed by atoms with Crippen LogP contribution in [0.4, 0.5) is 0 Å². The number of methoxy groups -OCH3 is 3. The molecule has 0 aliphatic heterocycles. The zero-order chi connectivity index (χ0) is 104. The summed E-state index contributed by atoms with van der Waals surface area (Å²) in [4.78, 5) is 0. The molecule has 0 aliphatic rings. The Balaban J connectivity index is 6.42. The first-order valence-corrected chi connectivity index (χ1v) is 46.9. The fourth-order valence-electron chi connectivity index (χ4n) is 13.4. The number of aliphatic hydroxyl groups excluding tert-OH is 24. The lowest BCUT2D eigenvalue weighted by Gasteiger charge is -2.37. The first-order valence-electron chi connectivity index (χ1n) is 46.9. The third-order valence-corrected chi connectivity index (χ3v) is 20.9. The van der Waals surface area contributed by atoms with Crippen molar-refractivity contribution < 1.29 is 261 Å². The van der Waals surface area contributed by atoms with Crippen molar-refractivity contribution in [2.45, 2.75) is 251 Å². The van der Waals surface area contributed by atoms with Crippen LogP contribution in [0.3, 0.4) is 0 Å². The van der Waals surface area contributed by atoms with Gasteiger partial charge >= 0.3 is 0 Å². The fraction of sp³-hybridized carbons (Fsp3) is 1.00. The highest BCUT2D eigenvalue weighted by Gasteiger charge is 2.46. The molecule has 27 N–H and O–H groups in total. The molecule has 139 heavy (non-hydrogen) atoms. The minimum Gasteiger partial charge on any atom is -0.394 e. The van der Waals surface area contributed by atoms with Gasteiger partial charge in [0, 0.05) is 58.9 Å². The zero-order valence-electron chi connectivity index (χ0n) is 81.6. The molecule has 53 nitrogen and oxygen atoms in total. The van der Waals surface area contributed by atoms with E-state index in [1.165, 1.54) is 21.3 Å². The summed E-state index contributed by atoms with van der Waals surface area (Å²) in [7, 11) is 3.79. The highest BCUT2D eigenvalue weighted by molar-refractivity contribution is 4.91. The van der Waals surface area contributed by atoms with E-state index in [0.29, 0.717) is 12.8 Å². The maximum atomic E-state index is 11.9. The van der Waals surface area contributed by atoms with E-state index < -0.39 is 261 Å². The molecular formula is C86H174O53. The average Bonchev–Trinajstić information content (AvgIpc) is 0.843. The quantitative estimate of drug-likeness (QED) is 0.0199. The normalized spacial score (nSPS) is 19.1. The Morgan fingerprint density at radius 3 is 0.712 bits per heavy atom. The summed E-state index contributed by atoms with van der Waals surface area (Å²) in [5.74, 6) is -1.93. The van der Waals surface area contributed by atoms with Crippen molar-refractivity contribution in [2.24, 2.45) is 17.8 Å². The third-order valence-electron chi connectivity index (χ3n) is 20.9. The summed E-state index contributed by atoms with van der Waals surface area (Å²) in [6, 6.07) is 0. The number of ether oxygens (including phenoxy) is 26. The smallest absolute Gasteiger partial charge is 0.184 e. The van der Waals surface area contributed by atoms with Gasteiger partial charge in [-0.1, -0.05) is 34.6 Å². The van der Waals surface area contributed by atoms with Gasteiger partial charge in [0.05, 0.1) is 293 Å². The minimum absolute atomic E-state index is 0.0114. The van der Waals surface area contributed by atoms with Crippen molar-refractivity contribution in [3.8, 4) is 0 Å². The highest BCUT2D eigenvalue weighted by atomic mass is 16.7. The Morgan fingerprint density at radius 2 is 0.432 bits per heavy atom. The van der Waals surface area contributed by atoms with Gasteiger partial charge in [-0.05, 0) is 32.1 Å². The molecule has 0 heterocycles. The highest BCUT2D eigenvalue weighted by Crippen LogP contribution is 2.28. The number of hydrogen-bond donors (Lipinski definition) is 27. The lowest BCUT2D eigenvalue weighted by Crippen LogP contribution is -2.54. The summed E-state index contributed by atoms with van der Waals surface area (Å²) in [5, 5.41) is 285. The van der Waals surface area contributed by atoms with Gasteiger partial charge in [0.25, 0.3) is 0 Å². The van der Waals surface area contributed by atoms with Crippen LogP contribution in [0.15, 0.2) is 0 Å². The molecule has 0 bridgehead atoms. The topological polar surface area (TPSA) is 786 Å². The zero-order valence-corrected chi connectivity index (χ0v) is 81.6. The van der Waals surface area contributed by atoms with Crippen LogP contribution in [-0.2, 0) is 123 Å². The van der Waals surface area contributed by atoms with Gasteiger partial charge < -0.3 is 261 Å². The lowest BCUT2D eigenvalue weighted by molar-refractivity contribution is -0.270. The van der Waals surface area contributed by atoms with Crippen molar-refractivity contribution >= 4 is 0 Å². The van der Waals surface area contributed by atoms with Gasteiger partial charge in [0.15, 0.2) is 37.7 Å². The molecule has 0 aromatic rings. The van der Waals surface area contributed by atoms with Crippen LogP contribution < -0.4 is 0 Å². The largest absolute Gasteiger partial charge is 0.394 e. The van der Waals surface area contributed by atoms with Crippen molar-refractivity contribution in [1.29, 1.82) is 0 Å². The molecule has 21 unspecified atom stereocenters. The second-order valence-electron chi connectivity index (χ2n) is 32.4. The molecule has 0 amide bonds. The summed E-state index contributed by atoms with van der Waals surface area (Å²) < 4.78 is 147. The van der Waals surface area contributed by atoms with E-state index in [1.807, 2.05) is 0 Å². The average molecular weight is 2060 g/mol. The Morgan fingerprint density at radius 1 is 0.201 bits per heavy atom. The van der Waals surface area contributed by atoms with E-state index >= 15 is 0 Å². The standard InChI is InChI=1S/C86H174O53/c1-9-57(94)46-124-31-36-131-75(81(105)106)66(99)63(11-19-117-22-14-87)138-86(113)80(71(104)73(115-7)55(4)44-121-25-17-90)135-40-34-127-50-61(98)49-123-30-29-122-45-56(5)74(116-8)69(102)78(130-26-18-91)84(111)137-65(68(101)76(82(107)108)132-37-32-126-48-59(96)41-92)13-21-119-27-28-128-52-62(136-51-60(97)42-93)53-129-35-38-133-77(83(109)110)67(100)64(12-20-118-23-15-88)139-85(112)79(134-39-33-125-47-58(95)10-2)70(103)72(114-6)54(3)43-120-24-16-89/h54-113H,9-53H2,1-8H3/t54?,55?,56?,57?,58?,59?,60?,61?,62?,63-,64-,65-,66?,67?,68?,69+,70+,71+,72?,73?,74?,75?,76?,77?,78+,79+,80+,84?,85?,86?/m1/s1. The van der Waals surface area contributed by atoms with Crippen molar-refractivity contribution in [1.82, 2.24) is 0 Å². The summed E-state index contributed by atoms with van der Waals surface area (Å²) >= 11 is 0. The molecule has 0 aromatic heterocycles. The van der Waals surface area contributed by atoms with Crippen LogP contribution in [-0.4, -0.2) is 608 Å². The molecule has 30 atom stereocenters. The molecule has 0 spiro atoms. The molecule has 0 radical (unpaired) electrons. The molecule has 0 aromatic carbocycles.